The molecular formula is C22H27N3O5S. The molecule has 0 bridgehead atoms. The third-order valence-electron chi connectivity index (χ3n) is 6.15. The highest BCUT2D eigenvalue weighted by Crippen LogP contribution is 2.41. The summed E-state index contributed by atoms with van der Waals surface area (Å²) >= 11 is 0. The van der Waals surface area contributed by atoms with E-state index in [9.17, 15) is 8.42 Å². The van der Waals surface area contributed by atoms with Crippen LogP contribution in [0.15, 0.2) is 29.3 Å². The number of aromatic nitrogens is 2. The van der Waals surface area contributed by atoms with E-state index < -0.39 is 15.6 Å². The Hall–Kier alpha value is -2.23. The first-order valence-electron chi connectivity index (χ1n) is 10.8. The molecule has 1 aromatic carbocycles. The summed E-state index contributed by atoms with van der Waals surface area (Å²) in [6.07, 6.45) is 4.06. The maximum Gasteiger partial charge on any atom is 0.243 e. The van der Waals surface area contributed by atoms with Crippen LogP contribution in [0.5, 0.6) is 11.5 Å². The number of sulfonamides is 1. The van der Waals surface area contributed by atoms with E-state index in [0.29, 0.717) is 44.3 Å². The van der Waals surface area contributed by atoms with Crippen LogP contribution in [0.25, 0.3) is 0 Å². The van der Waals surface area contributed by atoms with E-state index in [1.54, 1.807) is 18.2 Å². The second kappa shape index (κ2) is 7.72. The number of ether oxygens (including phenoxy) is 3. The smallest absolute Gasteiger partial charge is 0.243 e. The molecule has 1 unspecified atom stereocenters. The Bertz CT molecular complexity index is 1100. The predicted molar refractivity (Wildman–Crippen MR) is 113 cm³/mol. The van der Waals surface area contributed by atoms with Gasteiger partial charge in [-0.1, -0.05) is 13.8 Å². The van der Waals surface area contributed by atoms with Crippen LogP contribution in [0.3, 0.4) is 0 Å². The molecule has 31 heavy (non-hydrogen) atoms. The average molecular weight is 446 g/mol. The van der Waals surface area contributed by atoms with E-state index in [0.717, 1.165) is 29.9 Å². The Balaban J connectivity index is 1.49. The minimum Gasteiger partial charge on any atom is -0.486 e. The third kappa shape index (κ3) is 3.58. The minimum absolute atomic E-state index is 0.186. The van der Waals surface area contributed by atoms with Crippen molar-refractivity contribution in [3.63, 3.8) is 0 Å². The number of nitrogens with zero attached hydrogens (tertiary/aromatic N) is 3. The number of rotatable bonds is 3. The Morgan fingerprint density at radius 1 is 1.13 bits per heavy atom. The summed E-state index contributed by atoms with van der Waals surface area (Å²) in [6.45, 7) is 6.20. The molecule has 8 nitrogen and oxygen atoms in total. The molecule has 3 aliphatic rings. The van der Waals surface area contributed by atoms with Crippen LogP contribution in [0.2, 0.25) is 0 Å². The van der Waals surface area contributed by atoms with Gasteiger partial charge in [-0.15, -0.1) is 0 Å². The Morgan fingerprint density at radius 3 is 2.74 bits per heavy atom. The van der Waals surface area contributed by atoms with Crippen LogP contribution in [0.4, 0.5) is 0 Å². The first kappa shape index (κ1) is 20.7. The van der Waals surface area contributed by atoms with E-state index in [1.165, 1.54) is 4.31 Å². The van der Waals surface area contributed by atoms with Gasteiger partial charge >= 0.3 is 0 Å². The number of hydrogen-bond acceptors (Lipinski definition) is 7. The molecule has 0 N–H and O–H groups in total. The molecule has 0 amide bonds. The maximum atomic E-state index is 13.5. The monoisotopic (exact) mass is 445 g/mol. The molecule has 2 aromatic rings. The van der Waals surface area contributed by atoms with Gasteiger partial charge in [0.1, 0.15) is 24.6 Å². The Kier molecular flexibility index (Phi) is 5.15. The molecule has 0 radical (unpaired) electrons. The van der Waals surface area contributed by atoms with Crippen LogP contribution >= 0.6 is 0 Å². The molecule has 1 spiro atoms. The van der Waals surface area contributed by atoms with Crippen LogP contribution in [-0.2, 0) is 26.8 Å². The highest BCUT2D eigenvalue weighted by Gasteiger charge is 2.46. The zero-order valence-corrected chi connectivity index (χ0v) is 18.7. The van der Waals surface area contributed by atoms with Crippen LogP contribution in [-0.4, -0.2) is 55.6 Å². The lowest BCUT2D eigenvalue weighted by molar-refractivity contribution is -0.0936. The third-order valence-corrected chi connectivity index (χ3v) is 7.99. The number of fused-ring (bicyclic) bond motifs is 3. The zero-order chi connectivity index (χ0) is 21.6. The van der Waals surface area contributed by atoms with Crippen molar-refractivity contribution in [2.24, 2.45) is 0 Å². The summed E-state index contributed by atoms with van der Waals surface area (Å²) in [5.74, 6) is 1.98. The lowest BCUT2D eigenvalue weighted by Crippen LogP contribution is -2.52. The predicted octanol–water partition coefficient (Wildman–Crippen LogP) is 2.62. The van der Waals surface area contributed by atoms with Crippen LogP contribution < -0.4 is 9.47 Å². The SMILES string of the molecule is CC(C)c1ncc2c(n1)C1(CCCN(S(=O)(=O)c3ccc4c(c3)OCCO4)C1)OCC2. The summed E-state index contributed by atoms with van der Waals surface area (Å²) in [4.78, 5) is 9.55. The summed E-state index contributed by atoms with van der Waals surface area (Å²) < 4.78 is 46.0. The molecular weight excluding hydrogens is 418 g/mol. The van der Waals surface area contributed by atoms with E-state index in [-0.39, 0.29) is 17.4 Å². The topological polar surface area (TPSA) is 90.9 Å². The molecule has 5 rings (SSSR count). The van der Waals surface area contributed by atoms with Gasteiger partial charge in [-0.2, -0.15) is 4.31 Å². The van der Waals surface area contributed by atoms with E-state index >= 15 is 0 Å². The van der Waals surface area contributed by atoms with Crippen molar-refractivity contribution in [3.8, 4) is 11.5 Å². The largest absolute Gasteiger partial charge is 0.486 e. The second-order valence-electron chi connectivity index (χ2n) is 8.60. The summed E-state index contributed by atoms with van der Waals surface area (Å²) in [6, 6.07) is 4.80. The van der Waals surface area contributed by atoms with Gasteiger partial charge < -0.3 is 14.2 Å². The summed E-state index contributed by atoms with van der Waals surface area (Å²) in [7, 11) is -3.73. The van der Waals surface area contributed by atoms with Crippen molar-refractivity contribution in [1.82, 2.24) is 14.3 Å². The number of hydrogen-bond donors (Lipinski definition) is 0. The van der Waals surface area contributed by atoms with Gasteiger partial charge in [-0.3, -0.25) is 0 Å². The van der Waals surface area contributed by atoms with Gasteiger partial charge in [-0.05, 0) is 37.0 Å². The summed E-state index contributed by atoms with van der Waals surface area (Å²) in [5, 5.41) is 0. The van der Waals surface area contributed by atoms with Crippen LogP contribution in [0.1, 0.15) is 49.7 Å². The van der Waals surface area contributed by atoms with Gasteiger partial charge in [0.15, 0.2) is 11.5 Å². The van der Waals surface area contributed by atoms with Gasteiger partial charge in [0.2, 0.25) is 10.0 Å². The molecule has 166 valence electrons. The van der Waals surface area contributed by atoms with Crippen LogP contribution in [0, 0.1) is 0 Å². The molecule has 0 saturated carbocycles. The average Bonchev–Trinajstić information content (AvgIpc) is 2.79. The fourth-order valence-corrected chi connectivity index (χ4v) is 6.08. The molecule has 1 fully saturated rings. The van der Waals surface area contributed by atoms with E-state index in [4.69, 9.17) is 19.2 Å². The quantitative estimate of drug-likeness (QED) is 0.717. The van der Waals surface area contributed by atoms with Crippen molar-refractivity contribution in [3.05, 3.63) is 41.5 Å². The minimum atomic E-state index is -3.73. The first-order valence-corrected chi connectivity index (χ1v) is 12.2. The van der Waals surface area contributed by atoms with E-state index in [1.807, 2.05) is 6.20 Å². The molecule has 1 atom stereocenters. The lowest BCUT2D eigenvalue weighted by Gasteiger charge is -2.44. The number of piperidine rings is 1. The maximum absolute atomic E-state index is 13.5. The summed E-state index contributed by atoms with van der Waals surface area (Å²) in [5.41, 5.74) is 1.16. The van der Waals surface area contributed by atoms with Crippen molar-refractivity contribution in [2.75, 3.05) is 32.9 Å². The normalized spacial score (nSPS) is 23.7. The highest BCUT2D eigenvalue weighted by atomic mass is 32.2. The zero-order valence-electron chi connectivity index (χ0n) is 17.8. The first-order chi connectivity index (χ1) is 14.9. The van der Waals surface area contributed by atoms with Gasteiger partial charge in [0.25, 0.3) is 0 Å². The molecule has 1 saturated heterocycles. The van der Waals surface area contributed by atoms with Crippen molar-refractivity contribution >= 4 is 10.0 Å². The standard InChI is InChI=1S/C22H27N3O5S/c1-15(2)21-23-13-16-6-9-30-22(20(16)24-21)7-3-8-25(14-22)31(26,27)17-4-5-18-19(12-17)29-11-10-28-18/h4-5,12-13,15H,3,6-11,14H2,1-2H3. The molecule has 4 heterocycles. The fourth-order valence-electron chi connectivity index (χ4n) is 4.53. The van der Waals surface area contributed by atoms with E-state index in [2.05, 4.69) is 18.8 Å². The molecule has 3 aliphatic heterocycles. The molecule has 0 aliphatic carbocycles. The highest BCUT2D eigenvalue weighted by molar-refractivity contribution is 7.89. The molecule has 1 aromatic heterocycles. The fraction of sp³-hybridized carbons (Fsp3) is 0.545. The molecule has 9 heteroatoms. The van der Waals surface area contributed by atoms with Crippen molar-refractivity contribution in [1.29, 1.82) is 0 Å². The van der Waals surface area contributed by atoms with Crippen molar-refractivity contribution in [2.45, 2.75) is 49.5 Å². The van der Waals surface area contributed by atoms with Crippen molar-refractivity contribution < 1.29 is 22.6 Å². The Morgan fingerprint density at radius 2 is 1.94 bits per heavy atom. The van der Waals surface area contributed by atoms with Gasteiger partial charge in [0, 0.05) is 31.3 Å². The Labute approximate surface area is 182 Å². The number of benzene rings is 1. The van der Waals surface area contributed by atoms with Gasteiger partial charge in [-0.25, -0.2) is 18.4 Å². The second-order valence-corrected chi connectivity index (χ2v) is 10.5. The van der Waals surface area contributed by atoms with Gasteiger partial charge in [0.05, 0.1) is 17.2 Å². The lowest BCUT2D eigenvalue weighted by atomic mass is 9.85.